The molecule has 38 heavy (non-hydrogen) atoms. The van der Waals surface area contributed by atoms with Crippen molar-refractivity contribution in [3.05, 3.63) is 71.8 Å². The molecule has 2 amide bonds. The minimum absolute atomic E-state index is 0.0131. The first-order chi connectivity index (χ1) is 18.1. The summed E-state index contributed by atoms with van der Waals surface area (Å²) < 4.78 is 40.9. The number of nitrogens with one attached hydrogen (secondary N) is 2. The lowest BCUT2D eigenvalue weighted by Crippen LogP contribution is -2.48. The van der Waals surface area contributed by atoms with Gasteiger partial charge in [-0.3, -0.25) is 19.8 Å². The fourth-order valence-electron chi connectivity index (χ4n) is 4.95. The van der Waals surface area contributed by atoms with Gasteiger partial charge in [0, 0.05) is 18.8 Å². The Morgan fingerprint density at radius 1 is 1.05 bits per heavy atom. The highest BCUT2D eigenvalue weighted by Crippen LogP contribution is 2.40. The molecule has 2 aromatic carbocycles. The van der Waals surface area contributed by atoms with Crippen molar-refractivity contribution in [2.75, 3.05) is 0 Å². The maximum atomic E-state index is 13.7. The molecule has 3 atom stereocenters. The highest BCUT2D eigenvalue weighted by molar-refractivity contribution is 5.94. The summed E-state index contributed by atoms with van der Waals surface area (Å²) in [6, 6.07) is 11.6. The first-order valence-electron chi connectivity index (χ1n) is 12.4. The maximum absolute atomic E-state index is 13.7. The van der Waals surface area contributed by atoms with Crippen molar-refractivity contribution < 1.29 is 33.1 Å². The lowest BCUT2D eigenvalue weighted by Gasteiger charge is -2.35. The Bertz CT molecular complexity index is 1260. The number of nitrogens with zero attached hydrogens (tertiary/aromatic N) is 2. The summed E-state index contributed by atoms with van der Waals surface area (Å²) in [5.41, 5.74) is 3.31. The summed E-state index contributed by atoms with van der Waals surface area (Å²) in [5, 5.41) is 23.2. The van der Waals surface area contributed by atoms with Gasteiger partial charge in [-0.1, -0.05) is 24.3 Å². The van der Waals surface area contributed by atoms with Crippen molar-refractivity contribution in [2.24, 2.45) is 11.8 Å². The number of hydrogen-bond acceptors (Lipinski definition) is 6. The Hall–Kier alpha value is -3.57. The average Bonchev–Trinajstić information content (AvgIpc) is 2.92. The molecule has 3 unspecified atom stereocenters. The fraction of sp³-hybridized carbons (Fsp3) is 0.407. The molecular formula is C27H29F3N4O4. The summed E-state index contributed by atoms with van der Waals surface area (Å²) in [6.07, 6.45) is -0.772. The number of halogens is 3. The molecule has 0 bridgehead atoms. The molecule has 1 fully saturated rings. The molecule has 1 aliphatic carbocycles. The molecule has 0 radical (unpaired) electrons. The van der Waals surface area contributed by atoms with Gasteiger partial charge in [-0.25, -0.2) is 23.6 Å². The number of para-hydroxylation sites is 2. The second kappa shape index (κ2) is 11.9. The van der Waals surface area contributed by atoms with Crippen LogP contribution in [0.2, 0.25) is 0 Å². The van der Waals surface area contributed by atoms with Crippen molar-refractivity contribution in [2.45, 2.75) is 56.6 Å². The van der Waals surface area contributed by atoms with Crippen LogP contribution in [0.3, 0.4) is 0 Å². The van der Waals surface area contributed by atoms with Gasteiger partial charge in [-0.15, -0.1) is 0 Å². The third kappa shape index (κ3) is 6.84. The Kier molecular flexibility index (Phi) is 8.58. The standard InChI is InChI=1S/C27H29F3N4O4/c28-18-7-5-16(6-8-18)13-22(33-26(37)23-15-31-20-3-1-2-4-21(20)32-23)24(35)14-19(25(36)34-38)17-9-11-27(29,30)12-10-17/h1-8,15,17,19,22,24,35,38H,9-14H2,(H,33,37)(H,34,36). The number of carbonyl (C=O) groups is 2. The lowest BCUT2D eigenvalue weighted by molar-refractivity contribution is -0.139. The number of amides is 2. The molecule has 0 saturated heterocycles. The molecule has 11 heteroatoms. The first kappa shape index (κ1) is 27.5. The number of aliphatic hydroxyl groups is 1. The van der Waals surface area contributed by atoms with E-state index in [-0.39, 0.29) is 44.2 Å². The number of alkyl halides is 2. The van der Waals surface area contributed by atoms with E-state index in [0.717, 1.165) is 0 Å². The second-order valence-corrected chi connectivity index (χ2v) is 9.73. The Balaban J connectivity index is 1.55. The van der Waals surface area contributed by atoms with E-state index in [1.165, 1.54) is 30.5 Å². The number of hydroxylamine groups is 1. The van der Waals surface area contributed by atoms with E-state index in [2.05, 4.69) is 15.3 Å². The molecule has 1 aliphatic rings. The number of benzene rings is 2. The van der Waals surface area contributed by atoms with E-state index < -0.39 is 47.5 Å². The van der Waals surface area contributed by atoms with E-state index >= 15 is 0 Å². The first-order valence-corrected chi connectivity index (χ1v) is 12.4. The Labute approximate surface area is 217 Å². The van der Waals surface area contributed by atoms with Gasteiger partial charge in [0.1, 0.15) is 11.5 Å². The number of rotatable bonds is 9. The normalized spacial score (nSPS) is 17.9. The monoisotopic (exact) mass is 530 g/mol. The second-order valence-electron chi connectivity index (χ2n) is 9.73. The summed E-state index contributed by atoms with van der Waals surface area (Å²) in [5.74, 6) is -6.10. The van der Waals surface area contributed by atoms with Gasteiger partial charge >= 0.3 is 0 Å². The average molecular weight is 531 g/mol. The van der Waals surface area contributed by atoms with Gasteiger partial charge in [-0.2, -0.15) is 0 Å². The van der Waals surface area contributed by atoms with Gasteiger partial charge in [0.15, 0.2) is 0 Å². The van der Waals surface area contributed by atoms with Crippen LogP contribution in [0.5, 0.6) is 0 Å². The quantitative estimate of drug-likeness (QED) is 0.246. The Morgan fingerprint density at radius 3 is 2.37 bits per heavy atom. The van der Waals surface area contributed by atoms with Gasteiger partial charge in [-0.05, 0) is 61.4 Å². The van der Waals surface area contributed by atoms with E-state index in [9.17, 15) is 33.1 Å². The molecular weight excluding hydrogens is 501 g/mol. The minimum Gasteiger partial charge on any atom is -0.391 e. The zero-order chi connectivity index (χ0) is 27.3. The highest BCUT2D eigenvalue weighted by atomic mass is 19.3. The molecule has 3 aromatic rings. The largest absolute Gasteiger partial charge is 0.391 e. The third-order valence-corrected chi connectivity index (χ3v) is 7.10. The highest BCUT2D eigenvalue weighted by Gasteiger charge is 2.41. The molecule has 8 nitrogen and oxygen atoms in total. The van der Waals surface area contributed by atoms with Gasteiger partial charge in [0.2, 0.25) is 11.8 Å². The van der Waals surface area contributed by atoms with E-state index in [1.54, 1.807) is 29.7 Å². The topological polar surface area (TPSA) is 124 Å². The summed E-state index contributed by atoms with van der Waals surface area (Å²) in [4.78, 5) is 34.2. The smallest absolute Gasteiger partial charge is 0.271 e. The number of aromatic nitrogens is 2. The molecule has 202 valence electrons. The minimum atomic E-state index is -2.81. The van der Waals surface area contributed by atoms with Crippen LogP contribution in [0, 0.1) is 17.7 Å². The van der Waals surface area contributed by atoms with Crippen molar-refractivity contribution in [1.29, 1.82) is 0 Å². The van der Waals surface area contributed by atoms with Crippen LogP contribution in [0.4, 0.5) is 13.2 Å². The van der Waals surface area contributed by atoms with Crippen LogP contribution in [0.1, 0.15) is 48.2 Å². The molecule has 1 saturated carbocycles. The van der Waals surface area contributed by atoms with Crippen LogP contribution in [-0.2, 0) is 11.2 Å². The van der Waals surface area contributed by atoms with Crippen LogP contribution >= 0.6 is 0 Å². The maximum Gasteiger partial charge on any atom is 0.271 e. The van der Waals surface area contributed by atoms with Crippen LogP contribution in [0.15, 0.2) is 54.7 Å². The summed E-state index contributed by atoms with van der Waals surface area (Å²) in [7, 11) is 0. The van der Waals surface area contributed by atoms with Crippen molar-refractivity contribution >= 4 is 22.8 Å². The number of carbonyl (C=O) groups excluding carboxylic acids is 2. The summed E-state index contributed by atoms with van der Waals surface area (Å²) in [6.45, 7) is 0. The van der Waals surface area contributed by atoms with Crippen LogP contribution in [0.25, 0.3) is 11.0 Å². The number of hydrogen-bond donors (Lipinski definition) is 4. The fourth-order valence-corrected chi connectivity index (χ4v) is 4.95. The third-order valence-electron chi connectivity index (χ3n) is 7.10. The molecule has 4 rings (SSSR count). The van der Waals surface area contributed by atoms with Gasteiger partial charge in [0.05, 0.1) is 29.4 Å². The van der Waals surface area contributed by atoms with Crippen LogP contribution in [-0.4, -0.2) is 50.2 Å². The molecule has 0 spiro atoms. The predicted octanol–water partition coefficient (Wildman–Crippen LogP) is 3.81. The molecule has 1 heterocycles. The molecule has 1 aromatic heterocycles. The van der Waals surface area contributed by atoms with Crippen molar-refractivity contribution in [1.82, 2.24) is 20.8 Å². The molecule has 4 N–H and O–H groups in total. The van der Waals surface area contributed by atoms with Crippen molar-refractivity contribution in [3.8, 4) is 0 Å². The SMILES string of the molecule is O=C(NC(Cc1ccc(F)cc1)C(O)CC(C(=O)NO)C1CCC(F)(F)CC1)c1cnc2ccccc2n1. The number of fused-ring (bicyclic) bond motifs is 1. The zero-order valence-corrected chi connectivity index (χ0v) is 20.5. The lowest BCUT2D eigenvalue weighted by atomic mass is 9.75. The van der Waals surface area contributed by atoms with Crippen molar-refractivity contribution in [3.63, 3.8) is 0 Å². The van der Waals surface area contributed by atoms with Gasteiger partial charge in [0.25, 0.3) is 5.91 Å². The van der Waals surface area contributed by atoms with E-state index in [1.807, 2.05) is 0 Å². The number of aliphatic hydroxyl groups excluding tert-OH is 1. The van der Waals surface area contributed by atoms with Crippen LogP contribution < -0.4 is 10.8 Å². The molecule has 0 aliphatic heterocycles. The summed E-state index contributed by atoms with van der Waals surface area (Å²) >= 11 is 0. The van der Waals surface area contributed by atoms with E-state index in [4.69, 9.17) is 0 Å². The Morgan fingerprint density at radius 2 is 1.71 bits per heavy atom. The van der Waals surface area contributed by atoms with E-state index in [0.29, 0.717) is 16.6 Å². The zero-order valence-electron chi connectivity index (χ0n) is 20.5. The predicted molar refractivity (Wildman–Crippen MR) is 132 cm³/mol. The van der Waals surface area contributed by atoms with Gasteiger partial charge < -0.3 is 10.4 Å².